The molecule has 0 spiro atoms. The summed E-state index contributed by atoms with van der Waals surface area (Å²) in [5.41, 5.74) is 0.624. The molecule has 0 aliphatic heterocycles. The first-order valence-corrected chi connectivity index (χ1v) is 4.51. The summed E-state index contributed by atoms with van der Waals surface area (Å²) in [4.78, 5) is 9.62. The molecular formula is C8H5BrClO2-. The first-order chi connectivity index (χ1) is 5.61. The predicted octanol–water partition coefficient (Wildman–Crippen LogP) is 1.53. The van der Waals surface area contributed by atoms with Crippen LogP contribution in [-0.4, -0.2) is 5.97 Å². The van der Waals surface area contributed by atoms with E-state index in [9.17, 15) is 9.90 Å². The average molecular weight is 248 g/mol. The maximum Gasteiger partial charge on any atom is 0.0790 e. The second-order valence-electron chi connectivity index (χ2n) is 2.23. The van der Waals surface area contributed by atoms with Gasteiger partial charge in [0, 0.05) is 5.02 Å². The Morgan fingerprint density at radius 3 is 2.33 bits per heavy atom. The highest BCUT2D eigenvalue weighted by atomic mass is 79.9. The largest absolute Gasteiger partial charge is 0.549 e. The van der Waals surface area contributed by atoms with Gasteiger partial charge >= 0.3 is 0 Å². The number of hydrogen-bond donors (Lipinski definition) is 0. The molecule has 0 bridgehead atoms. The summed E-state index contributed by atoms with van der Waals surface area (Å²) < 4.78 is 0. The fourth-order valence-electron chi connectivity index (χ4n) is 0.768. The zero-order valence-corrected chi connectivity index (χ0v) is 8.30. The Morgan fingerprint density at radius 2 is 1.92 bits per heavy atom. The smallest absolute Gasteiger partial charge is 0.0790 e. The number of carbonyl (C=O) groups is 1. The summed E-state index contributed by atoms with van der Waals surface area (Å²) in [6, 6.07) is 6.54. The second kappa shape index (κ2) is 3.92. The van der Waals surface area contributed by atoms with Crippen molar-refractivity contribution in [3.8, 4) is 0 Å². The van der Waals surface area contributed by atoms with Gasteiger partial charge in [0.15, 0.2) is 0 Å². The molecule has 0 aliphatic rings. The lowest BCUT2D eigenvalue weighted by Crippen LogP contribution is -2.26. The average Bonchev–Trinajstić information content (AvgIpc) is 2.04. The van der Waals surface area contributed by atoms with Gasteiger partial charge in [0.25, 0.3) is 0 Å². The normalized spacial score (nSPS) is 12.5. The van der Waals surface area contributed by atoms with Crippen LogP contribution in [0.25, 0.3) is 0 Å². The van der Waals surface area contributed by atoms with Gasteiger partial charge in [-0.15, -0.1) is 0 Å². The van der Waals surface area contributed by atoms with E-state index in [0.29, 0.717) is 10.6 Å². The fraction of sp³-hybridized carbons (Fsp3) is 0.125. The van der Waals surface area contributed by atoms with Gasteiger partial charge in [-0.3, -0.25) is 0 Å². The molecular weight excluding hydrogens is 243 g/mol. The van der Waals surface area contributed by atoms with Crippen LogP contribution in [0, 0.1) is 0 Å². The molecule has 4 heteroatoms. The maximum absolute atomic E-state index is 10.4. The SMILES string of the molecule is O=C([O-])C(Br)c1ccc(Cl)cc1. The van der Waals surface area contributed by atoms with E-state index in [1.54, 1.807) is 24.3 Å². The zero-order chi connectivity index (χ0) is 9.14. The fourth-order valence-corrected chi connectivity index (χ4v) is 1.20. The number of carboxylic acid groups (broad SMARTS) is 1. The van der Waals surface area contributed by atoms with Gasteiger partial charge in [0.1, 0.15) is 0 Å². The molecule has 64 valence electrons. The molecule has 0 saturated heterocycles. The summed E-state index contributed by atoms with van der Waals surface area (Å²) in [5, 5.41) is 11.0. The first kappa shape index (κ1) is 9.55. The van der Waals surface area contributed by atoms with E-state index >= 15 is 0 Å². The van der Waals surface area contributed by atoms with Crippen molar-refractivity contribution in [3.63, 3.8) is 0 Å². The molecule has 0 radical (unpaired) electrons. The van der Waals surface area contributed by atoms with Crippen molar-refractivity contribution in [3.05, 3.63) is 34.9 Å². The zero-order valence-electron chi connectivity index (χ0n) is 5.96. The first-order valence-electron chi connectivity index (χ1n) is 3.21. The lowest BCUT2D eigenvalue weighted by atomic mass is 10.1. The van der Waals surface area contributed by atoms with Crippen LogP contribution in [0.5, 0.6) is 0 Å². The van der Waals surface area contributed by atoms with E-state index in [4.69, 9.17) is 11.6 Å². The lowest BCUT2D eigenvalue weighted by Gasteiger charge is -2.10. The molecule has 0 amide bonds. The summed E-state index contributed by atoms with van der Waals surface area (Å²) in [5.74, 6) is -1.16. The number of carbonyl (C=O) groups excluding carboxylic acids is 1. The number of rotatable bonds is 2. The minimum Gasteiger partial charge on any atom is -0.549 e. The Hall–Kier alpha value is -0.540. The van der Waals surface area contributed by atoms with Gasteiger partial charge in [0.05, 0.1) is 10.8 Å². The van der Waals surface area contributed by atoms with Gasteiger partial charge in [0.2, 0.25) is 0 Å². The van der Waals surface area contributed by atoms with Crippen molar-refractivity contribution in [2.24, 2.45) is 0 Å². The molecule has 1 aromatic rings. The van der Waals surface area contributed by atoms with Gasteiger partial charge < -0.3 is 9.90 Å². The van der Waals surface area contributed by atoms with E-state index < -0.39 is 10.8 Å². The quantitative estimate of drug-likeness (QED) is 0.745. The number of benzene rings is 1. The van der Waals surface area contributed by atoms with Crippen LogP contribution < -0.4 is 5.11 Å². The Morgan fingerprint density at radius 1 is 1.42 bits per heavy atom. The van der Waals surface area contributed by atoms with Crippen LogP contribution in [0.4, 0.5) is 0 Å². The van der Waals surface area contributed by atoms with Gasteiger partial charge in [-0.05, 0) is 17.7 Å². The molecule has 1 unspecified atom stereocenters. The third-order valence-electron chi connectivity index (χ3n) is 1.37. The second-order valence-corrected chi connectivity index (χ2v) is 3.59. The molecule has 1 aromatic carbocycles. The maximum atomic E-state index is 10.4. The van der Waals surface area contributed by atoms with E-state index in [1.807, 2.05) is 0 Å². The number of carboxylic acids is 1. The van der Waals surface area contributed by atoms with Crippen LogP contribution in [0.15, 0.2) is 24.3 Å². The van der Waals surface area contributed by atoms with E-state index in [2.05, 4.69) is 15.9 Å². The lowest BCUT2D eigenvalue weighted by molar-refractivity contribution is -0.304. The number of alkyl halides is 1. The number of aliphatic carboxylic acids is 1. The Balaban J connectivity index is 2.89. The third kappa shape index (κ3) is 2.22. The molecule has 1 rings (SSSR count). The topological polar surface area (TPSA) is 40.1 Å². The van der Waals surface area contributed by atoms with E-state index in [1.165, 1.54) is 0 Å². The molecule has 1 atom stereocenters. The Labute approximate surface area is 83.3 Å². The van der Waals surface area contributed by atoms with Crippen molar-refractivity contribution < 1.29 is 9.90 Å². The standard InChI is InChI=1S/C8H6BrClO2/c9-7(8(11)12)5-1-3-6(10)4-2-5/h1-4,7H,(H,11,12)/p-1. The van der Waals surface area contributed by atoms with Crippen molar-refractivity contribution in [2.75, 3.05) is 0 Å². The van der Waals surface area contributed by atoms with Crippen LogP contribution >= 0.6 is 27.5 Å². The molecule has 0 aliphatic carbocycles. The van der Waals surface area contributed by atoms with Gasteiger partial charge in [-0.25, -0.2) is 0 Å². The van der Waals surface area contributed by atoms with Gasteiger partial charge in [-0.2, -0.15) is 0 Å². The van der Waals surface area contributed by atoms with Crippen molar-refractivity contribution in [1.82, 2.24) is 0 Å². The summed E-state index contributed by atoms with van der Waals surface area (Å²) in [7, 11) is 0. The van der Waals surface area contributed by atoms with E-state index in [0.717, 1.165) is 0 Å². The molecule has 2 nitrogen and oxygen atoms in total. The van der Waals surface area contributed by atoms with E-state index in [-0.39, 0.29) is 0 Å². The summed E-state index contributed by atoms with van der Waals surface area (Å²) in [6.45, 7) is 0. The highest BCUT2D eigenvalue weighted by molar-refractivity contribution is 9.09. The molecule has 0 saturated carbocycles. The molecule has 12 heavy (non-hydrogen) atoms. The summed E-state index contributed by atoms with van der Waals surface area (Å²) >= 11 is 8.59. The van der Waals surface area contributed by atoms with Crippen LogP contribution in [0.1, 0.15) is 10.4 Å². The number of hydrogen-bond acceptors (Lipinski definition) is 2. The highest BCUT2D eigenvalue weighted by Crippen LogP contribution is 2.22. The van der Waals surface area contributed by atoms with Crippen LogP contribution in [0.2, 0.25) is 5.02 Å². The van der Waals surface area contributed by atoms with Crippen molar-refractivity contribution in [1.29, 1.82) is 0 Å². The predicted molar refractivity (Wildman–Crippen MR) is 48.1 cm³/mol. The monoisotopic (exact) mass is 247 g/mol. The van der Waals surface area contributed by atoms with Crippen LogP contribution in [0.3, 0.4) is 0 Å². The number of halogens is 2. The van der Waals surface area contributed by atoms with Crippen molar-refractivity contribution in [2.45, 2.75) is 4.83 Å². The summed E-state index contributed by atoms with van der Waals surface area (Å²) in [6.07, 6.45) is 0. The van der Waals surface area contributed by atoms with Gasteiger partial charge in [-0.1, -0.05) is 39.7 Å². The van der Waals surface area contributed by atoms with Crippen molar-refractivity contribution >= 4 is 33.5 Å². The minimum absolute atomic E-state index is 0.580. The Bertz CT molecular complexity index is 284. The molecule has 0 fully saturated rings. The van der Waals surface area contributed by atoms with Crippen LogP contribution in [-0.2, 0) is 4.79 Å². The minimum atomic E-state index is -1.16. The highest BCUT2D eigenvalue weighted by Gasteiger charge is 2.06. The molecule has 0 aromatic heterocycles. The molecule has 0 heterocycles. The molecule has 0 N–H and O–H groups in total. The third-order valence-corrected chi connectivity index (χ3v) is 2.52. The Kier molecular flexibility index (Phi) is 3.12.